The smallest absolute Gasteiger partial charge is 0.239 e. The molecule has 0 saturated carbocycles. The van der Waals surface area contributed by atoms with Crippen molar-refractivity contribution in [3.63, 3.8) is 0 Å². The van der Waals surface area contributed by atoms with E-state index in [1.807, 2.05) is 42.5 Å². The van der Waals surface area contributed by atoms with Crippen molar-refractivity contribution in [3.05, 3.63) is 70.7 Å². The maximum Gasteiger partial charge on any atom is 0.239 e. The molecule has 1 heterocycles. The van der Waals surface area contributed by atoms with Gasteiger partial charge in [-0.15, -0.1) is 0 Å². The summed E-state index contributed by atoms with van der Waals surface area (Å²) in [5.74, 6) is -0.281. The Bertz CT molecular complexity index is 869. The van der Waals surface area contributed by atoms with Gasteiger partial charge in [0.05, 0.1) is 12.3 Å². The summed E-state index contributed by atoms with van der Waals surface area (Å²) in [5, 5.41) is 3.64. The van der Waals surface area contributed by atoms with Gasteiger partial charge in [-0.1, -0.05) is 54.1 Å². The van der Waals surface area contributed by atoms with Crippen molar-refractivity contribution in [1.82, 2.24) is 9.62 Å². The van der Waals surface area contributed by atoms with Gasteiger partial charge in [0, 0.05) is 11.6 Å². The molecule has 0 unspecified atom stereocenters. The molecule has 1 N–H and O–H groups in total. The molecule has 2 aromatic rings. The number of nitrogens with one attached hydrogen (secondary N) is 1. The van der Waals surface area contributed by atoms with Crippen LogP contribution in [0.1, 0.15) is 30.0 Å². The van der Waals surface area contributed by atoms with E-state index >= 15 is 0 Å². The van der Waals surface area contributed by atoms with Crippen LogP contribution in [0, 0.1) is 0 Å². The number of nitrogens with zero attached hydrogens (tertiary/aromatic N) is 1. The van der Waals surface area contributed by atoms with Crippen LogP contribution in [-0.2, 0) is 14.8 Å². The Hall–Kier alpha value is -1.89. The zero-order valence-electron chi connectivity index (χ0n) is 14.4. The van der Waals surface area contributed by atoms with Crippen molar-refractivity contribution in [1.29, 1.82) is 0 Å². The molecule has 1 fully saturated rings. The number of sulfonamides is 1. The van der Waals surface area contributed by atoms with E-state index in [0.717, 1.165) is 17.4 Å². The molecule has 2 aromatic carbocycles. The molecule has 138 valence electrons. The third-order valence-electron chi connectivity index (χ3n) is 4.56. The summed E-state index contributed by atoms with van der Waals surface area (Å²) >= 11 is 5.98. The van der Waals surface area contributed by atoms with Crippen LogP contribution in [0.5, 0.6) is 0 Å². The summed E-state index contributed by atoms with van der Waals surface area (Å²) in [6.07, 6.45) is 2.36. The summed E-state index contributed by atoms with van der Waals surface area (Å²) < 4.78 is 25.2. The topological polar surface area (TPSA) is 66.5 Å². The van der Waals surface area contributed by atoms with Crippen molar-refractivity contribution >= 4 is 27.5 Å². The first-order valence-corrected chi connectivity index (χ1v) is 10.7. The van der Waals surface area contributed by atoms with Gasteiger partial charge in [-0.2, -0.15) is 4.31 Å². The predicted octanol–water partition coefficient (Wildman–Crippen LogP) is 2.97. The molecule has 7 heteroatoms. The van der Waals surface area contributed by atoms with Gasteiger partial charge in [-0.3, -0.25) is 4.79 Å². The lowest BCUT2D eigenvalue weighted by Crippen LogP contribution is -2.46. The molecule has 1 aliphatic heterocycles. The Balaban J connectivity index is 1.88. The van der Waals surface area contributed by atoms with Crippen LogP contribution >= 0.6 is 11.6 Å². The summed E-state index contributed by atoms with van der Waals surface area (Å²) in [7, 11) is -3.41. The Kier molecular flexibility index (Phi) is 5.65. The largest absolute Gasteiger partial charge is 0.344 e. The van der Waals surface area contributed by atoms with Crippen LogP contribution in [0.25, 0.3) is 0 Å². The van der Waals surface area contributed by atoms with Crippen LogP contribution in [0.2, 0.25) is 5.02 Å². The van der Waals surface area contributed by atoms with E-state index in [-0.39, 0.29) is 11.9 Å². The molecular formula is C19H21ClN2O3S. The molecule has 26 heavy (non-hydrogen) atoms. The minimum absolute atomic E-state index is 0.281. The van der Waals surface area contributed by atoms with Gasteiger partial charge >= 0.3 is 0 Å². The van der Waals surface area contributed by atoms with E-state index in [0.29, 0.717) is 24.4 Å². The maximum absolute atomic E-state index is 12.9. The molecule has 3 rings (SSSR count). The lowest BCUT2D eigenvalue weighted by molar-refractivity contribution is -0.124. The number of hydrogen-bond acceptors (Lipinski definition) is 3. The second kappa shape index (κ2) is 7.78. The first kappa shape index (κ1) is 18.9. The van der Waals surface area contributed by atoms with Crippen LogP contribution < -0.4 is 5.32 Å². The maximum atomic E-state index is 12.9. The van der Waals surface area contributed by atoms with Gasteiger partial charge in [0.15, 0.2) is 0 Å². The fourth-order valence-electron chi connectivity index (χ4n) is 3.30. The minimum atomic E-state index is -3.41. The summed E-state index contributed by atoms with van der Waals surface area (Å²) in [4.78, 5) is 12.9. The Labute approximate surface area is 159 Å². The quantitative estimate of drug-likeness (QED) is 0.850. The number of carbonyl (C=O) groups is 1. The molecule has 2 atom stereocenters. The average Bonchev–Trinajstić information content (AvgIpc) is 3.11. The van der Waals surface area contributed by atoms with Gasteiger partial charge in [-0.05, 0) is 36.1 Å². The molecule has 0 aromatic heterocycles. The standard InChI is InChI=1S/C19H21ClN2O3S/c1-26(24,25)22-13-5-8-17(22)19(23)21-18(14-6-3-2-4-7-14)15-9-11-16(20)12-10-15/h2-4,6-7,9-12,17-18H,5,8,13H2,1H3,(H,21,23)/t17-,18+/m1/s1. The van der Waals surface area contributed by atoms with Crippen molar-refractivity contribution in [2.45, 2.75) is 24.9 Å². The lowest BCUT2D eigenvalue weighted by atomic mass is 9.98. The number of rotatable bonds is 5. The number of amides is 1. The molecule has 1 aliphatic rings. The highest BCUT2D eigenvalue weighted by Crippen LogP contribution is 2.26. The molecule has 0 bridgehead atoms. The van der Waals surface area contributed by atoms with E-state index in [4.69, 9.17) is 11.6 Å². The fourth-order valence-corrected chi connectivity index (χ4v) is 4.55. The van der Waals surface area contributed by atoms with Crippen LogP contribution in [0.15, 0.2) is 54.6 Å². The fraction of sp³-hybridized carbons (Fsp3) is 0.316. The second-order valence-corrected chi connectivity index (χ2v) is 8.81. The lowest BCUT2D eigenvalue weighted by Gasteiger charge is -2.25. The van der Waals surface area contributed by atoms with E-state index in [1.54, 1.807) is 12.1 Å². The highest BCUT2D eigenvalue weighted by Gasteiger charge is 2.37. The van der Waals surface area contributed by atoms with E-state index in [1.165, 1.54) is 4.31 Å². The molecule has 0 aliphatic carbocycles. The van der Waals surface area contributed by atoms with Gasteiger partial charge in [-0.25, -0.2) is 8.42 Å². The van der Waals surface area contributed by atoms with Crippen molar-refractivity contribution in [2.75, 3.05) is 12.8 Å². The molecular weight excluding hydrogens is 372 g/mol. The molecule has 1 amide bonds. The molecule has 1 saturated heterocycles. The zero-order chi connectivity index (χ0) is 18.7. The molecule has 0 radical (unpaired) electrons. The average molecular weight is 393 g/mol. The first-order chi connectivity index (χ1) is 12.4. The summed E-state index contributed by atoms with van der Waals surface area (Å²) in [5.41, 5.74) is 1.81. The number of halogens is 1. The van der Waals surface area contributed by atoms with Gasteiger partial charge in [0.25, 0.3) is 0 Å². The van der Waals surface area contributed by atoms with Crippen molar-refractivity contribution in [3.8, 4) is 0 Å². The third-order valence-corrected chi connectivity index (χ3v) is 6.10. The summed E-state index contributed by atoms with van der Waals surface area (Å²) in [6, 6.07) is 15.8. The van der Waals surface area contributed by atoms with Crippen LogP contribution in [0.3, 0.4) is 0 Å². The highest BCUT2D eigenvalue weighted by atomic mass is 35.5. The van der Waals surface area contributed by atoms with Gasteiger partial charge in [0.2, 0.25) is 15.9 Å². The Morgan fingerprint density at radius 1 is 1.12 bits per heavy atom. The first-order valence-electron chi connectivity index (χ1n) is 8.44. The Morgan fingerprint density at radius 3 is 2.35 bits per heavy atom. The van der Waals surface area contributed by atoms with Crippen LogP contribution in [0.4, 0.5) is 0 Å². The van der Waals surface area contributed by atoms with E-state index < -0.39 is 16.1 Å². The summed E-state index contributed by atoms with van der Waals surface area (Å²) in [6.45, 7) is 0.383. The molecule has 5 nitrogen and oxygen atoms in total. The number of carbonyl (C=O) groups excluding carboxylic acids is 1. The highest BCUT2D eigenvalue weighted by molar-refractivity contribution is 7.88. The number of benzene rings is 2. The Morgan fingerprint density at radius 2 is 1.73 bits per heavy atom. The van der Waals surface area contributed by atoms with E-state index in [2.05, 4.69) is 5.32 Å². The van der Waals surface area contributed by atoms with E-state index in [9.17, 15) is 13.2 Å². The predicted molar refractivity (Wildman–Crippen MR) is 102 cm³/mol. The monoisotopic (exact) mass is 392 g/mol. The minimum Gasteiger partial charge on any atom is -0.344 e. The molecule has 0 spiro atoms. The van der Waals surface area contributed by atoms with Gasteiger partial charge in [0.1, 0.15) is 6.04 Å². The SMILES string of the molecule is CS(=O)(=O)N1CCC[C@@H]1C(=O)N[C@@H](c1ccccc1)c1ccc(Cl)cc1. The van der Waals surface area contributed by atoms with Crippen molar-refractivity contribution < 1.29 is 13.2 Å². The van der Waals surface area contributed by atoms with Gasteiger partial charge < -0.3 is 5.32 Å². The normalized spacial score (nSPS) is 19.2. The zero-order valence-corrected chi connectivity index (χ0v) is 16.0. The number of hydrogen-bond donors (Lipinski definition) is 1. The third kappa shape index (κ3) is 4.26. The van der Waals surface area contributed by atoms with Crippen molar-refractivity contribution in [2.24, 2.45) is 0 Å². The van der Waals surface area contributed by atoms with Crippen LogP contribution in [-0.4, -0.2) is 37.5 Å². The second-order valence-electron chi connectivity index (χ2n) is 6.44.